The lowest BCUT2D eigenvalue weighted by molar-refractivity contribution is -0.135. The van der Waals surface area contributed by atoms with Crippen molar-refractivity contribution in [2.45, 2.75) is 71.4 Å². The Bertz CT molecular complexity index is 753. The smallest absolute Gasteiger partial charge is 0.417 e. The van der Waals surface area contributed by atoms with Crippen LogP contribution in [0.2, 0.25) is 0 Å². The number of imide groups is 1. The zero-order chi connectivity index (χ0) is 22.3. The number of nitrogens with zero attached hydrogens (tertiary/aromatic N) is 1. The summed E-state index contributed by atoms with van der Waals surface area (Å²) in [7, 11) is 0. The fourth-order valence-electron chi connectivity index (χ4n) is 3.97. The highest BCUT2D eigenvalue weighted by Crippen LogP contribution is 2.30. The third-order valence-corrected chi connectivity index (χ3v) is 5.51. The monoisotopic (exact) mass is 432 g/mol. The number of hydrogen-bond acceptors (Lipinski definition) is 6. The number of rotatable bonds is 7. The Morgan fingerprint density at radius 3 is 2.52 bits per heavy atom. The molecule has 1 heterocycles. The minimum absolute atomic E-state index is 0.0630. The molecule has 7 heteroatoms. The molecule has 3 rings (SSSR count). The van der Waals surface area contributed by atoms with Crippen LogP contribution >= 0.6 is 0 Å². The predicted molar refractivity (Wildman–Crippen MR) is 118 cm³/mol. The van der Waals surface area contributed by atoms with Gasteiger partial charge in [-0.15, -0.1) is 0 Å². The molecule has 0 aromatic heterocycles. The van der Waals surface area contributed by atoms with Crippen LogP contribution in [0, 0.1) is 5.92 Å². The summed E-state index contributed by atoms with van der Waals surface area (Å²) in [4.78, 5) is 27.1. The van der Waals surface area contributed by atoms with E-state index in [0.29, 0.717) is 39.3 Å². The number of ether oxygens (including phenoxy) is 3. The molecule has 2 amide bonds. The molecular formula is C24H36N2O5. The van der Waals surface area contributed by atoms with E-state index in [9.17, 15) is 9.59 Å². The van der Waals surface area contributed by atoms with Crippen molar-refractivity contribution in [3.8, 4) is 11.5 Å². The normalized spacial score (nSPS) is 16.6. The average Bonchev–Trinajstić information content (AvgIpc) is 2.75. The number of amides is 2. The largest absolute Gasteiger partial charge is 0.486 e. The summed E-state index contributed by atoms with van der Waals surface area (Å²) >= 11 is 0. The van der Waals surface area contributed by atoms with Gasteiger partial charge in [0.25, 0.3) is 0 Å². The summed E-state index contributed by atoms with van der Waals surface area (Å²) in [6.07, 6.45) is 5.13. The first-order chi connectivity index (χ1) is 14.8. The van der Waals surface area contributed by atoms with Gasteiger partial charge in [0.15, 0.2) is 11.5 Å². The standard InChI is InChI=1S/C24H36N2O5/c1-24(2,3)31-23(28)26(22(27)19-8-5-4-6-9-19)13-7-12-25-17-18-10-11-20-21(16-18)30-15-14-29-20/h10-11,16,19,25H,4-9,12-15,17H2,1-3H3. The van der Waals surface area contributed by atoms with Crippen molar-refractivity contribution in [2.75, 3.05) is 26.3 Å². The molecule has 1 aromatic carbocycles. The second-order valence-corrected chi connectivity index (χ2v) is 9.31. The van der Waals surface area contributed by atoms with E-state index in [1.54, 1.807) is 0 Å². The lowest BCUT2D eigenvalue weighted by atomic mass is 9.88. The molecular weight excluding hydrogens is 396 g/mol. The maximum absolute atomic E-state index is 13.0. The summed E-state index contributed by atoms with van der Waals surface area (Å²) < 4.78 is 16.7. The van der Waals surface area contributed by atoms with Crippen LogP contribution in [-0.2, 0) is 16.1 Å². The highest BCUT2D eigenvalue weighted by Gasteiger charge is 2.32. The Morgan fingerprint density at radius 2 is 1.81 bits per heavy atom. The molecule has 1 aliphatic heterocycles. The fraction of sp³-hybridized carbons (Fsp3) is 0.667. The number of hydrogen-bond donors (Lipinski definition) is 1. The van der Waals surface area contributed by atoms with Crippen LogP contribution in [0.5, 0.6) is 11.5 Å². The Kier molecular flexibility index (Phi) is 8.18. The molecule has 31 heavy (non-hydrogen) atoms. The van der Waals surface area contributed by atoms with Crippen LogP contribution in [-0.4, -0.2) is 48.8 Å². The van der Waals surface area contributed by atoms with Crippen LogP contribution in [0.25, 0.3) is 0 Å². The SMILES string of the molecule is CC(C)(C)OC(=O)N(CCCNCc1ccc2c(c1)OCCO2)C(=O)C1CCCCC1. The Labute approximate surface area is 185 Å². The van der Waals surface area contributed by atoms with E-state index < -0.39 is 11.7 Å². The molecule has 0 saturated heterocycles. The third kappa shape index (κ3) is 7.13. The Morgan fingerprint density at radius 1 is 1.10 bits per heavy atom. The Hall–Kier alpha value is -2.28. The number of carbonyl (C=O) groups excluding carboxylic acids is 2. The summed E-state index contributed by atoms with van der Waals surface area (Å²) in [6.45, 7) is 8.34. The summed E-state index contributed by atoms with van der Waals surface area (Å²) in [5, 5.41) is 3.38. The van der Waals surface area contributed by atoms with Crippen molar-refractivity contribution in [3.63, 3.8) is 0 Å². The van der Waals surface area contributed by atoms with E-state index in [4.69, 9.17) is 14.2 Å². The lowest BCUT2D eigenvalue weighted by Gasteiger charge is -2.30. The molecule has 1 aliphatic carbocycles. The number of benzene rings is 1. The lowest BCUT2D eigenvalue weighted by Crippen LogP contribution is -2.45. The number of fused-ring (bicyclic) bond motifs is 1. The van der Waals surface area contributed by atoms with E-state index in [-0.39, 0.29) is 11.8 Å². The fourth-order valence-corrected chi connectivity index (χ4v) is 3.97. The summed E-state index contributed by atoms with van der Waals surface area (Å²) in [5.41, 5.74) is 0.477. The first kappa shape index (κ1) is 23.4. The molecule has 0 unspecified atom stereocenters. The number of carbonyl (C=O) groups is 2. The molecule has 2 aliphatic rings. The van der Waals surface area contributed by atoms with Gasteiger partial charge in [0.2, 0.25) is 5.91 Å². The molecule has 0 atom stereocenters. The maximum atomic E-state index is 13.0. The molecule has 1 aromatic rings. The zero-order valence-electron chi connectivity index (χ0n) is 19.1. The average molecular weight is 433 g/mol. The predicted octanol–water partition coefficient (Wildman–Crippen LogP) is 4.28. The first-order valence-electron chi connectivity index (χ1n) is 11.5. The van der Waals surface area contributed by atoms with Gasteiger partial charge in [-0.3, -0.25) is 4.79 Å². The van der Waals surface area contributed by atoms with Gasteiger partial charge in [-0.05, 0) is 64.3 Å². The molecule has 7 nitrogen and oxygen atoms in total. The molecule has 0 bridgehead atoms. The number of nitrogens with one attached hydrogen (secondary N) is 1. The summed E-state index contributed by atoms with van der Waals surface area (Å²) in [6, 6.07) is 5.93. The minimum atomic E-state index is -0.626. The van der Waals surface area contributed by atoms with Crippen molar-refractivity contribution in [1.82, 2.24) is 10.2 Å². The van der Waals surface area contributed by atoms with Gasteiger partial charge in [0.05, 0.1) is 0 Å². The second kappa shape index (κ2) is 10.8. The van der Waals surface area contributed by atoms with Crippen LogP contribution in [0.15, 0.2) is 18.2 Å². The van der Waals surface area contributed by atoms with Gasteiger partial charge in [-0.1, -0.05) is 25.3 Å². The second-order valence-electron chi connectivity index (χ2n) is 9.31. The van der Waals surface area contributed by atoms with Crippen molar-refractivity contribution in [2.24, 2.45) is 5.92 Å². The highest BCUT2D eigenvalue weighted by molar-refractivity contribution is 5.93. The van der Waals surface area contributed by atoms with E-state index in [1.807, 2.05) is 39.0 Å². The first-order valence-corrected chi connectivity index (χ1v) is 11.5. The minimum Gasteiger partial charge on any atom is -0.486 e. The van der Waals surface area contributed by atoms with Crippen LogP contribution in [0.1, 0.15) is 64.9 Å². The zero-order valence-corrected chi connectivity index (χ0v) is 19.1. The van der Waals surface area contributed by atoms with Gasteiger partial charge in [0, 0.05) is 19.0 Å². The van der Waals surface area contributed by atoms with Crippen molar-refractivity contribution in [3.05, 3.63) is 23.8 Å². The molecule has 0 radical (unpaired) electrons. The third-order valence-electron chi connectivity index (χ3n) is 5.51. The van der Waals surface area contributed by atoms with Crippen LogP contribution in [0.4, 0.5) is 4.79 Å². The topological polar surface area (TPSA) is 77.1 Å². The van der Waals surface area contributed by atoms with Gasteiger partial charge >= 0.3 is 6.09 Å². The molecule has 1 fully saturated rings. The van der Waals surface area contributed by atoms with E-state index in [1.165, 1.54) is 11.3 Å². The molecule has 1 saturated carbocycles. The van der Waals surface area contributed by atoms with Crippen LogP contribution in [0.3, 0.4) is 0 Å². The van der Waals surface area contributed by atoms with Gasteiger partial charge < -0.3 is 19.5 Å². The van der Waals surface area contributed by atoms with E-state index >= 15 is 0 Å². The van der Waals surface area contributed by atoms with Gasteiger partial charge in [-0.2, -0.15) is 0 Å². The van der Waals surface area contributed by atoms with Crippen molar-refractivity contribution in [1.29, 1.82) is 0 Å². The van der Waals surface area contributed by atoms with E-state index in [0.717, 1.165) is 42.7 Å². The van der Waals surface area contributed by atoms with Crippen molar-refractivity contribution >= 4 is 12.0 Å². The molecule has 0 spiro atoms. The molecule has 172 valence electrons. The van der Waals surface area contributed by atoms with E-state index in [2.05, 4.69) is 5.32 Å². The van der Waals surface area contributed by atoms with Gasteiger partial charge in [-0.25, -0.2) is 9.69 Å². The Balaban J connectivity index is 1.49. The van der Waals surface area contributed by atoms with Crippen molar-refractivity contribution < 1.29 is 23.8 Å². The molecule has 1 N–H and O–H groups in total. The van der Waals surface area contributed by atoms with Crippen LogP contribution < -0.4 is 14.8 Å². The highest BCUT2D eigenvalue weighted by atomic mass is 16.6. The van der Waals surface area contributed by atoms with Gasteiger partial charge in [0.1, 0.15) is 18.8 Å². The summed E-state index contributed by atoms with van der Waals surface area (Å²) in [5.74, 6) is 1.41. The maximum Gasteiger partial charge on any atom is 0.417 e. The quantitative estimate of drug-likeness (QED) is 0.648.